The second kappa shape index (κ2) is 5.17. The Balaban J connectivity index is 3.93. The van der Waals surface area contributed by atoms with Gasteiger partial charge in [-0.15, -0.1) is 6.42 Å². The second-order valence-electron chi connectivity index (χ2n) is 3.17. The van der Waals surface area contributed by atoms with Crippen LogP contribution in [0.3, 0.4) is 0 Å². The molecule has 0 aromatic rings. The molecule has 0 aliphatic rings. The molecule has 11 heavy (non-hydrogen) atoms. The van der Waals surface area contributed by atoms with Gasteiger partial charge in [-0.1, -0.05) is 19.8 Å². The maximum absolute atomic E-state index is 5.59. The Kier molecular flexibility index (Phi) is 4.93. The van der Waals surface area contributed by atoms with Crippen molar-refractivity contribution in [2.75, 3.05) is 20.1 Å². The largest absolute Gasteiger partial charge is 0.329 e. The second-order valence-corrected chi connectivity index (χ2v) is 3.17. The summed E-state index contributed by atoms with van der Waals surface area (Å²) in [7, 11) is 2.01. The lowest BCUT2D eigenvalue weighted by Crippen LogP contribution is -2.41. The molecule has 2 nitrogen and oxygen atoms in total. The van der Waals surface area contributed by atoms with Crippen molar-refractivity contribution in [3.63, 3.8) is 0 Å². The van der Waals surface area contributed by atoms with Gasteiger partial charge >= 0.3 is 0 Å². The molecule has 1 unspecified atom stereocenters. The Morgan fingerprint density at radius 2 is 2.09 bits per heavy atom. The quantitative estimate of drug-likeness (QED) is 0.599. The first kappa shape index (κ1) is 10.5. The van der Waals surface area contributed by atoms with E-state index in [2.05, 4.69) is 24.7 Å². The van der Waals surface area contributed by atoms with Crippen LogP contribution in [0.2, 0.25) is 0 Å². The molecule has 0 bridgehead atoms. The summed E-state index contributed by atoms with van der Waals surface area (Å²) in [5.74, 6) is 3.18. The number of terminal acetylenes is 1. The molecule has 0 saturated carbocycles. The number of nitrogens with zero attached hydrogens (tertiary/aromatic N) is 1. The molecule has 0 aromatic carbocycles. The van der Waals surface area contributed by atoms with E-state index in [1.165, 1.54) is 0 Å². The molecule has 1 atom stereocenters. The molecule has 0 heterocycles. The number of likely N-dealkylation sites (N-methyl/N-ethyl adjacent to an activating group) is 1. The fourth-order valence-electron chi connectivity index (χ4n) is 1.22. The van der Waals surface area contributed by atoms with Crippen LogP contribution in [0, 0.1) is 18.3 Å². The molecule has 0 rings (SSSR count). The summed E-state index contributed by atoms with van der Waals surface area (Å²) in [6, 6.07) is 0.408. The molecule has 0 fully saturated rings. The number of rotatable bonds is 4. The summed E-state index contributed by atoms with van der Waals surface area (Å²) in [5, 5.41) is 0. The highest BCUT2D eigenvalue weighted by Gasteiger charge is 2.15. The van der Waals surface area contributed by atoms with Crippen LogP contribution in [-0.2, 0) is 0 Å². The first-order chi connectivity index (χ1) is 5.13. The zero-order chi connectivity index (χ0) is 8.85. The van der Waals surface area contributed by atoms with Crippen molar-refractivity contribution < 1.29 is 0 Å². The summed E-state index contributed by atoms with van der Waals surface area (Å²) in [5.41, 5.74) is 5.59. The van der Waals surface area contributed by atoms with E-state index in [9.17, 15) is 0 Å². The zero-order valence-corrected chi connectivity index (χ0v) is 7.67. The molecule has 0 aromatic heterocycles. The van der Waals surface area contributed by atoms with E-state index in [0.717, 1.165) is 0 Å². The average Bonchev–Trinajstić information content (AvgIpc) is 1.88. The lowest BCUT2D eigenvalue weighted by atomic mass is 10.0. The van der Waals surface area contributed by atoms with Crippen LogP contribution in [0.25, 0.3) is 0 Å². The van der Waals surface area contributed by atoms with Gasteiger partial charge in [0.25, 0.3) is 0 Å². The van der Waals surface area contributed by atoms with E-state index in [-0.39, 0.29) is 0 Å². The van der Waals surface area contributed by atoms with Gasteiger partial charge in [0.05, 0.1) is 6.54 Å². The monoisotopic (exact) mass is 154 g/mol. The van der Waals surface area contributed by atoms with E-state index >= 15 is 0 Å². The molecule has 2 heteroatoms. The minimum absolute atomic E-state index is 0.408. The Bertz CT molecular complexity index is 135. The molecule has 0 aliphatic heterocycles. The Labute approximate surface area is 69.8 Å². The Morgan fingerprint density at radius 3 is 2.36 bits per heavy atom. The van der Waals surface area contributed by atoms with Crippen molar-refractivity contribution in [1.82, 2.24) is 4.90 Å². The molecule has 2 N–H and O–H groups in total. The van der Waals surface area contributed by atoms with E-state index in [0.29, 0.717) is 25.0 Å². The van der Waals surface area contributed by atoms with Crippen LogP contribution >= 0.6 is 0 Å². The lowest BCUT2D eigenvalue weighted by Gasteiger charge is -2.28. The molecular weight excluding hydrogens is 136 g/mol. The van der Waals surface area contributed by atoms with Crippen LogP contribution in [-0.4, -0.2) is 31.1 Å². The van der Waals surface area contributed by atoms with Gasteiger partial charge in [-0.05, 0) is 13.0 Å². The average molecular weight is 154 g/mol. The molecule has 64 valence electrons. The van der Waals surface area contributed by atoms with E-state index in [1.807, 2.05) is 7.05 Å². The normalized spacial score (nSPS) is 13.5. The Morgan fingerprint density at radius 1 is 1.55 bits per heavy atom. The van der Waals surface area contributed by atoms with E-state index in [1.54, 1.807) is 0 Å². The smallest absolute Gasteiger partial charge is 0.0599 e. The lowest BCUT2D eigenvalue weighted by molar-refractivity contribution is 0.219. The minimum Gasteiger partial charge on any atom is -0.329 e. The zero-order valence-electron chi connectivity index (χ0n) is 7.67. The predicted molar refractivity (Wildman–Crippen MR) is 49.1 cm³/mol. The Hall–Kier alpha value is -0.520. The van der Waals surface area contributed by atoms with Crippen molar-refractivity contribution in [2.24, 2.45) is 11.7 Å². The highest BCUT2D eigenvalue weighted by Crippen LogP contribution is 2.06. The van der Waals surface area contributed by atoms with Gasteiger partial charge in [-0.3, -0.25) is 4.90 Å². The topological polar surface area (TPSA) is 29.3 Å². The standard InChI is InChI=1S/C9H18N2/c1-5-6-11(4)9(7-10)8(2)3/h1,8-9H,6-7,10H2,2-4H3. The van der Waals surface area contributed by atoms with Crippen LogP contribution in [0.4, 0.5) is 0 Å². The fourth-order valence-corrected chi connectivity index (χ4v) is 1.22. The number of nitrogens with two attached hydrogens (primary N) is 1. The first-order valence-corrected chi connectivity index (χ1v) is 3.97. The molecular formula is C9H18N2. The van der Waals surface area contributed by atoms with Crippen molar-refractivity contribution >= 4 is 0 Å². The van der Waals surface area contributed by atoms with E-state index < -0.39 is 0 Å². The highest BCUT2D eigenvalue weighted by atomic mass is 15.1. The van der Waals surface area contributed by atoms with Gasteiger partial charge in [0, 0.05) is 12.6 Å². The summed E-state index contributed by atoms with van der Waals surface area (Å²) in [4.78, 5) is 2.12. The van der Waals surface area contributed by atoms with Gasteiger partial charge in [-0.25, -0.2) is 0 Å². The van der Waals surface area contributed by atoms with Gasteiger partial charge in [0.1, 0.15) is 0 Å². The van der Waals surface area contributed by atoms with Gasteiger partial charge in [-0.2, -0.15) is 0 Å². The number of hydrogen-bond donors (Lipinski definition) is 1. The van der Waals surface area contributed by atoms with Gasteiger partial charge < -0.3 is 5.73 Å². The van der Waals surface area contributed by atoms with Crippen molar-refractivity contribution in [3.8, 4) is 12.3 Å². The maximum Gasteiger partial charge on any atom is 0.0599 e. The summed E-state index contributed by atoms with van der Waals surface area (Å²) in [6.45, 7) is 5.67. The molecule has 0 radical (unpaired) electrons. The van der Waals surface area contributed by atoms with Crippen molar-refractivity contribution in [3.05, 3.63) is 0 Å². The van der Waals surface area contributed by atoms with Crippen LogP contribution < -0.4 is 5.73 Å². The number of hydrogen-bond acceptors (Lipinski definition) is 2. The van der Waals surface area contributed by atoms with Gasteiger partial charge in [0.2, 0.25) is 0 Å². The minimum atomic E-state index is 0.408. The van der Waals surface area contributed by atoms with Crippen molar-refractivity contribution in [1.29, 1.82) is 0 Å². The molecule has 0 aliphatic carbocycles. The first-order valence-electron chi connectivity index (χ1n) is 3.97. The fraction of sp³-hybridized carbons (Fsp3) is 0.778. The van der Waals surface area contributed by atoms with Crippen LogP contribution in [0.15, 0.2) is 0 Å². The summed E-state index contributed by atoms with van der Waals surface area (Å²) >= 11 is 0. The van der Waals surface area contributed by atoms with Gasteiger partial charge in [0.15, 0.2) is 0 Å². The SMILES string of the molecule is C#CCN(C)C(CN)C(C)C. The summed E-state index contributed by atoms with van der Waals surface area (Å²) < 4.78 is 0. The predicted octanol–water partition coefficient (Wildman–Crippen LogP) is 0.535. The van der Waals surface area contributed by atoms with Crippen LogP contribution in [0.1, 0.15) is 13.8 Å². The molecule has 0 amide bonds. The molecule has 0 saturated heterocycles. The third-order valence-corrected chi connectivity index (χ3v) is 1.92. The highest BCUT2D eigenvalue weighted by molar-refractivity contribution is 4.89. The summed E-state index contributed by atoms with van der Waals surface area (Å²) in [6.07, 6.45) is 5.19. The third-order valence-electron chi connectivity index (χ3n) is 1.92. The maximum atomic E-state index is 5.59. The van der Waals surface area contributed by atoms with E-state index in [4.69, 9.17) is 12.2 Å². The van der Waals surface area contributed by atoms with Crippen molar-refractivity contribution in [2.45, 2.75) is 19.9 Å². The van der Waals surface area contributed by atoms with Crippen LogP contribution in [0.5, 0.6) is 0 Å². The molecule has 0 spiro atoms. The third kappa shape index (κ3) is 3.41.